The van der Waals surface area contributed by atoms with Gasteiger partial charge >= 0.3 is 0 Å². The molecule has 1 fully saturated rings. The molecule has 1 aliphatic rings. The molecular formula is C20H22ClN5. The largest absolute Gasteiger partial charge is 0.351 e. The van der Waals surface area contributed by atoms with E-state index in [9.17, 15) is 0 Å². The number of pyridine rings is 1. The Hall–Kier alpha value is -2.37. The molecule has 6 heteroatoms. The molecule has 1 aromatic carbocycles. The third kappa shape index (κ3) is 3.45. The number of aromatic amines is 1. The third-order valence-corrected chi connectivity index (χ3v) is 5.07. The van der Waals surface area contributed by atoms with E-state index in [1.165, 1.54) is 0 Å². The first-order valence-corrected chi connectivity index (χ1v) is 9.37. The molecule has 1 aliphatic heterocycles. The summed E-state index contributed by atoms with van der Waals surface area (Å²) >= 11 is 6.08. The van der Waals surface area contributed by atoms with E-state index in [1.54, 1.807) is 0 Å². The number of imidazole rings is 1. The van der Waals surface area contributed by atoms with Gasteiger partial charge < -0.3 is 15.2 Å². The van der Waals surface area contributed by atoms with Gasteiger partial charge in [-0.05, 0) is 30.7 Å². The molecule has 134 valence electrons. The number of hydrogen-bond acceptors (Lipinski definition) is 4. The Morgan fingerprint density at radius 3 is 2.92 bits per heavy atom. The minimum Gasteiger partial charge on any atom is -0.351 e. The Bertz CT molecular complexity index is 874. The molecular weight excluding hydrogens is 346 g/mol. The van der Waals surface area contributed by atoms with Crippen LogP contribution >= 0.6 is 11.6 Å². The number of H-pyrrole nitrogens is 1. The highest BCUT2D eigenvalue weighted by molar-refractivity contribution is 6.30. The number of piperazine rings is 1. The molecule has 1 atom stereocenters. The van der Waals surface area contributed by atoms with Crippen LogP contribution in [-0.2, 0) is 0 Å². The zero-order valence-corrected chi connectivity index (χ0v) is 15.5. The second kappa shape index (κ2) is 7.48. The van der Waals surface area contributed by atoms with Crippen molar-refractivity contribution in [2.24, 2.45) is 0 Å². The molecule has 5 nitrogen and oxygen atoms in total. The minimum atomic E-state index is 0.500. The summed E-state index contributed by atoms with van der Waals surface area (Å²) in [4.78, 5) is 15.0. The van der Waals surface area contributed by atoms with Gasteiger partial charge in [0.1, 0.15) is 11.6 Å². The lowest BCUT2D eigenvalue weighted by Gasteiger charge is -2.36. The van der Waals surface area contributed by atoms with Crippen molar-refractivity contribution >= 4 is 17.4 Å². The molecule has 3 aromatic rings. The first kappa shape index (κ1) is 17.1. The molecule has 0 saturated carbocycles. The van der Waals surface area contributed by atoms with Gasteiger partial charge in [0.25, 0.3) is 0 Å². The molecule has 3 heterocycles. The molecule has 0 aliphatic carbocycles. The number of benzene rings is 1. The summed E-state index contributed by atoms with van der Waals surface area (Å²) in [6.45, 7) is 5.23. The first-order valence-electron chi connectivity index (χ1n) is 8.99. The Labute approximate surface area is 158 Å². The number of hydrogen-bond donors (Lipinski definition) is 2. The smallest absolute Gasteiger partial charge is 0.139 e. The predicted molar refractivity (Wildman–Crippen MR) is 107 cm³/mol. The van der Waals surface area contributed by atoms with Crippen LogP contribution in [0.15, 0.2) is 48.8 Å². The zero-order valence-electron chi connectivity index (χ0n) is 14.7. The Balaban J connectivity index is 1.56. The lowest BCUT2D eigenvalue weighted by Crippen LogP contribution is -2.51. The zero-order chi connectivity index (χ0) is 17.9. The van der Waals surface area contributed by atoms with Crippen molar-refractivity contribution in [3.8, 4) is 22.6 Å². The fourth-order valence-corrected chi connectivity index (χ4v) is 3.58. The quantitative estimate of drug-likeness (QED) is 0.732. The molecule has 0 radical (unpaired) electrons. The number of nitrogens with zero attached hydrogens (tertiary/aromatic N) is 3. The van der Waals surface area contributed by atoms with Crippen molar-refractivity contribution in [3.05, 3.63) is 53.8 Å². The standard InChI is InChI=1S/C20H22ClN5/c1-2-17-12-22-8-9-26(17)19-7-6-15(11-23-19)20-24-13-18(25-20)14-4-3-5-16(21)10-14/h3-7,10-11,13,17,22H,2,8-9,12H2,1H3,(H,24,25). The minimum absolute atomic E-state index is 0.500. The van der Waals surface area contributed by atoms with Gasteiger partial charge in [-0.15, -0.1) is 0 Å². The van der Waals surface area contributed by atoms with Crippen LogP contribution in [0.3, 0.4) is 0 Å². The predicted octanol–water partition coefficient (Wildman–Crippen LogP) is 3.98. The average molecular weight is 368 g/mol. The van der Waals surface area contributed by atoms with Gasteiger partial charge in [0.15, 0.2) is 0 Å². The van der Waals surface area contributed by atoms with Gasteiger partial charge in [-0.1, -0.05) is 30.7 Å². The van der Waals surface area contributed by atoms with Crippen LogP contribution in [0.1, 0.15) is 13.3 Å². The van der Waals surface area contributed by atoms with E-state index in [0.29, 0.717) is 11.1 Å². The van der Waals surface area contributed by atoms with Crippen LogP contribution in [0.4, 0.5) is 5.82 Å². The van der Waals surface area contributed by atoms with Crippen molar-refractivity contribution in [1.82, 2.24) is 20.3 Å². The fraction of sp³-hybridized carbons (Fsp3) is 0.300. The van der Waals surface area contributed by atoms with Crippen molar-refractivity contribution in [2.75, 3.05) is 24.5 Å². The number of rotatable bonds is 4. The van der Waals surface area contributed by atoms with Crippen LogP contribution < -0.4 is 10.2 Å². The van der Waals surface area contributed by atoms with E-state index in [-0.39, 0.29) is 0 Å². The fourth-order valence-electron chi connectivity index (χ4n) is 3.39. The molecule has 2 N–H and O–H groups in total. The first-order chi connectivity index (χ1) is 12.7. The van der Waals surface area contributed by atoms with E-state index in [4.69, 9.17) is 16.6 Å². The van der Waals surface area contributed by atoms with E-state index in [2.05, 4.69) is 39.2 Å². The molecule has 0 spiro atoms. The van der Waals surface area contributed by atoms with Crippen LogP contribution in [-0.4, -0.2) is 40.6 Å². The van der Waals surface area contributed by atoms with Crippen LogP contribution in [0, 0.1) is 0 Å². The second-order valence-electron chi connectivity index (χ2n) is 6.51. The van der Waals surface area contributed by atoms with E-state index in [0.717, 1.165) is 54.5 Å². The van der Waals surface area contributed by atoms with Gasteiger partial charge in [-0.2, -0.15) is 0 Å². The highest BCUT2D eigenvalue weighted by Gasteiger charge is 2.21. The molecule has 0 bridgehead atoms. The van der Waals surface area contributed by atoms with Gasteiger partial charge in [0.2, 0.25) is 0 Å². The van der Waals surface area contributed by atoms with Crippen molar-refractivity contribution in [3.63, 3.8) is 0 Å². The SMILES string of the molecule is CCC1CNCCN1c1ccc(-c2nc(-c3cccc(Cl)c3)c[nH]2)cn1. The third-order valence-electron chi connectivity index (χ3n) is 4.84. The van der Waals surface area contributed by atoms with Crippen LogP contribution in [0.2, 0.25) is 5.02 Å². The van der Waals surface area contributed by atoms with Crippen molar-refractivity contribution < 1.29 is 0 Å². The number of halogens is 1. The molecule has 1 saturated heterocycles. The average Bonchev–Trinajstić information content (AvgIpc) is 3.18. The number of aromatic nitrogens is 3. The van der Waals surface area contributed by atoms with E-state index in [1.807, 2.05) is 36.7 Å². The molecule has 0 amide bonds. The highest BCUT2D eigenvalue weighted by atomic mass is 35.5. The lowest BCUT2D eigenvalue weighted by molar-refractivity contribution is 0.463. The summed E-state index contributed by atoms with van der Waals surface area (Å²) < 4.78 is 0. The maximum atomic E-state index is 6.08. The van der Waals surface area contributed by atoms with Gasteiger partial charge in [0, 0.05) is 54.2 Å². The van der Waals surface area contributed by atoms with Crippen molar-refractivity contribution in [1.29, 1.82) is 0 Å². The van der Waals surface area contributed by atoms with Gasteiger partial charge in [0.05, 0.1) is 5.69 Å². The topological polar surface area (TPSA) is 56.8 Å². The Morgan fingerprint density at radius 2 is 2.15 bits per heavy atom. The second-order valence-corrected chi connectivity index (χ2v) is 6.95. The normalized spacial score (nSPS) is 17.5. The summed E-state index contributed by atoms with van der Waals surface area (Å²) in [5.41, 5.74) is 2.85. The van der Waals surface area contributed by atoms with E-state index >= 15 is 0 Å². The van der Waals surface area contributed by atoms with Crippen molar-refractivity contribution in [2.45, 2.75) is 19.4 Å². The monoisotopic (exact) mass is 367 g/mol. The van der Waals surface area contributed by atoms with Gasteiger partial charge in [-0.25, -0.2) is 9.97 Å². The molecule has 4 rings (SSSR count). The molecule has 26 heavy (non-hydrogen) atoms. The summed E-state index contributed by atoms with van der Waals surface area (Å²) in [6, 6.07) is 12.4. The number of anilines is 1. The van der Waals surface area contributed by atoms with Crippen LogP contribution in [0.5, 0.6) is 0 Å². The summed E-state index contributed by atoms with van der Waals surface area (Å²) in [7, 11) is 0. The van der Waals surface area contributed by atoms with Crippen LogP contribution in [0.25, 0.3) is 22.6 Å². The highest BCUT2D eigenvalue weighted by Crippen LogP contribution is 2.25. The maximum Gasteiger partial charge on any atom is 0.139 e. The Kier molecular flexibility index (Phi) is 4.91. The molecule has 1 unspecified atom stereocenters. The number of nitrogens with one attached hydrogen (secondary N) is 2. The summed E-state index contributed by atoms with van der Waals surface area (Å²) in [5.74, 6) is 1.84. The summed E-state index contributed by atoms with van der Waals surface area (Å²) in [6.07, 6.45) is 4.90. The Morgan fingerprint density at radius 1 is 1.23 bits per heavy atom. The summed E-state index contributed by atoms with van der Waals surface area (Å²) in [5, 5.41) is 4.16. The maximum absolute atomic E-state index is 6.08. The van der Waals surface area contributed by atoms with E-state index < -0.39 is 0 Å². The lowest BCUT2D eigenvalue weighted by atomic mass is 10.1. The van der Waals surface area contributed by atoms with Gasteiger partial charge in [-0.3, -0.25) is 0 Å². The molecule has 2 aromatic heterocycles.